The van der Waals surface area contributed by atoms with Crippen LogP contribution in [0.4, 0.5) is 5.13 Å². The molecule has 3 rings (SSSR count). The van der Waals surface area contributed by atoms with Gasteiger partial charge >= 0.3 is 0 Å². The summed E-state index contributed by atoms with van der Waals surface area (Å²) < 4.78 is 24.6. The van der Waals surface area contributed by atoms with Crippen LogP contribution >= 0.6 is 11.3 Å². The van der Waals surface area contributed by atoms with Crippen LogP contribution in [0.15, 0.2) is 17.5 Å². The zero-order valence-electron chi connectivity index (χ0n) is 16.0. The van der Waals surface area contributed by atoms with E-state index in [1.165, 1.54) is 22.5 Å². The van der Waals surface area contributed by atoms with E-state index in [0.29, 0.717) is 5.13 Å². The summed E-state index contributed by atoms with van der Waals surface area (Å²) in [5, 5.41) is 4.91. The van der Waals surface area contributed by atoms with Gasteiger partial charge in [-0.15, -0.1) is 11.3 Å². The number of benzene rings is 1. The molecule has 0 bridgehead atoms. The summed E-state index contributed by atoms with van der Waals surface area (Å²) in [6, 6.07) is 4.25. The number of rotatable bonds is 6. The topological polar surface area (TPSA) is 76.1 Å². The van der Waals surface area contributed by atoms with Gasteiger partial charge in [0.25, 0.3) is 0 Å². The van der Waals surface area contributed by atoms with E-state index in [1.807, 2.05) is 12.3 Å². The molecule has 0 aliphatic heterocycles. The van der Waals surface area contributed by atoms with Gasteiger partial charge in [-0.25, -0.2) is 13.4 Å². The minimum absolute atomic E-state index is 0.0174. The molecular formula is C20H26N2O3S2. The van der Waals surface area contributed by atoms with Crippen molar-refractivity contribution < 1.29 is 13.2 Å². The zero-order valence-corrected chi connectivity index (χ0v) is 17.7. The maximum Gasteiger partial charge on any atom is 0.227 e. The molecule has 0 spiro atoms. The standard InChI is InChI=1S/C20H26N2O3S2/c1-13-10-15(3)17(11-14(13)2)18-12-26-20(21-18)22-19(23)8-9-27(24,25)16-6-4-5-7-16/h10-12,16H,4-9H2,1-3H3,(H,21,22,23). The first kappa shape index (κ1) is 20.0. The summed E-state index contributed by atoms with van der Waals surface area (Å²) in [5.41, 5.74) is 5.46. The van der Waals surface area contributed by atoms with Crippen LogP contribution in [0.1, 0.15) is 48.8 Å². The number of nitrogens with zero attached hydrogens (tertiary/aromatic N) is 1. The molecule has 7 heteroatoms. The third-order valence-electron chi connectivity index (χ3n) is 5.29. The van der Waals surface area contributed by atoms with Gasteiger partial charge in [-0.2, -0.15) is 0 Å². The summed E-state index contributed by atoms with van der Waals surface area (Å²) in [5.74, 6) is -0.382. The molecule has 5 nitrogen and oxygen atoms in total. The van der Waals surface area contributed by atoms with Gasteiger partial charge in [0.2, 0.25) is 5.91 Å². The Morgan fingerprint density at radius 1 is 1.15 bits per heavy atom. The largest absolute Gasteiger partial charge is 0.302 e. The van der Waals surface area contributed by atoms with Crippen LogP contribution < -0.4 is 5.32 Å². The number of sulfone groups is 1. The second kappa shape index (κ2) is 8.10. The molecule has 0 saturated heterocycles. The van der Waals surface area contributed by atoms with Crippen LogP contribution in [0.2, 0.25) is 0 Å². The number of carbonyl (C=O) groups excluding carboxylic acids is 1. The molecule has 1 aliphatic carbocycles. The molecule has 0 radical (unpaired) electrons. The number of aryl methyl sites for hydroxylation is 3. The SMILES string of the molecule is Cc1cc(C)c(-c2csc(NC(=O)CCS(=O)(=O)C3CCCC3)n2)cc1C. The summed E-state index contributed by atoms with van der Waals surface area (Å²) in [6.45, 7) is 6.20. The molecule has 1 saturated carbocycles. The predicted octanol–water partition coefficient (Wildman–Crippen LogP) is 4.42. The number of carbonyl (C=O) groups is 1. The third kappa shape index (κ3) is 4.76. The fraction of sp³-hybridized carbons (Fsp3) is 0.500. The lowest BCUT2D eigenvalue weighted by molar-refractivity contribution is -0.115. The second-order valence-corrected chi connectivity index (χ2v) is 10.6. The van der Waals surface area contributed by atoms with Crippen LogP contribution in [0.3, 0.4) is 0 Å². The Morgan fingerprint density at radius 2 is 1.81 bits per heavy atom. The van der Waals surface area contributed by atoms with E-state index in [9.17, 15) is 13.2 Å². The maximum atomic E-state index is 12.3. The summed E-state index contributed by atoms with van der Waals surface area (Å²) in [4.78, 5) is 16.7. The van der Waals surface area contributed by atoms with Crippen molar-refractivity contribution in [3.05, 3.63) is 34.2 Å². The number of nitrogens with one attached hydrogen (secondary N) is 1. The highest BCUT2D eigenvalue weighted by Crippen LogP contribution is 2.30. The van der Waals surface area contributed by atoms with Gasteiger partial charge in [0, 0.05) is 17.4 Å². The zero-order chi connectivity index (χ0) is 19.6. The Morgan fingerprint density at radius 3 is 2.52 bits per heavy atom. The number of anilines is 1. The van der Waals surface area contributed by atoms with Crippen molar-refractivity contribution in [1.29, 1.82) is 0 Å². The van der Waals surface area contributed by atoms with Gasteiger partial charge in [-0.1, -0.05) is 18.9 Å². The molecule has 1 N–H and O–H groups in total. The molecule has 0 atom stereocenters. The highest BCUT2D eigenvalue weighted by atomic mass is 32.2. The van der Waals surface area contributed by atoms with Gasteiger partial charge in [0.05, 0.1) is 16.7 Å². The van der Waals surface area contributed by atoms with E-state index in [0.717, 1.165) is 42.5 Å². The van der Waals surface area contributed by atoms with Crippen molar-refractivity contribution in [3.63, 3.8) is 0 Å². The van der Waals surface area contributed by atoms with Crippen LogP contribution in [-0.4, -0.2) is 30.3 Å². The van der Waals surface area contributed by atoms with Crippen molar-refractivity contribution in [2.45, 2.75) is 58.1 Å². The van der Waals surface area contributed by atoms with E-state index in [1.54, 1.807) is 0 Å². The number of hydrogen-bond donors (Lipinski definition) is 1. The lowest BCUT2D eigenvalue weighted by atomic mass is 9.99. The first-order valence-electron chi connectivity index (χ1n) is 9.31. The number of amides is 1. The van der Waals surface area contributed by atoms with Crippen LogP contribution in [0.5, 0.6) is 0 Å². The molecule has 1 fully saturated rings. The number of aromatic nitrogens is 1. The first-order valence-corrected chi connectivity index (χ1v) is 11.9. The molecule has 27 heavy (non-hydrogen) atoms. The summed E-state index contributed by atoms with van der Waals surface area (Å²) in [6.07, 6.45) is 3.38. The Kier molecular flexibility index (Phi) is 6.01. The van der Waals surface area contributed by atoms with Crippen molar-refractivity contribution in [1.82, 2.24) is 4.98 Å². The lowest BCUT2D eigenvalue weighted by Crippen LogP contribution is -2.24. The molecule has 1 heterocycles. The molecule has 2 aromatic rings. The molecule has 1 aromatic heterocycles. The fourth-order valence-electron chi connectivity index (χ4n) is 3.52. The smallest absolute Gasteiger partial charge is 0.227 e. The van der Waals surface area contributed by atoms with Gasteiger partial charge in [-0.3, -0.25) is 4.79 Å². The minimum Gasteiger partial charge on any atom is -0.302 e. The molecule has 0 unspecified atom stereocenters. The third-order valence-corrected chi connectivity index (χ3v) is 8.31. The molecule has 1 amide bonds. The van der Waals surface area contributed by atoms with Crippen molar-refractivity contribution >= 4 is 32.2 Å². The highest BCUT2D eigenvalue weighted by Gasteiger charge is 2.28. The Bertz CT molecular complexity index is 942. The number of thiazole rings is 1. The van der Waals surface area contributed by atoms with Crippen LogP contribution in [0, 0.1) is 20.8 Å². The van der Waals surface area contributed by atoms with E-state index in [2.05, 4.69) is 36.3 Å². The van der Waals surface area contributed by atoms with Crippen molar-refractivity contribution in [2.24, 2.45) is 0 Å². The Hall–Kier alpha value is -1.73. The Labute approximate surface area is 165 Å². The molecule has 1 aliphatic rings. The fourth-order valence-corrected chi connectivity index (χ4v) is 6.10. The van der Waals surface area contributed by atoms with Gasteiger partial charge < -0.3 is 5.32 Å². The van der Waals surface area contributed by atoms with Crippen molar-refractivity contribution in [2.75, 3.05) is 11.1 Å². The maximum absolute atomic E-state index is 12.3. The normalized spacial score (nSPS) is 15.2. The van der Waals surface area contributed by atoms with Crippen molar-refractivity contribution in [3.8, 4) is 11.3 Å². The number of hydrogen-bond acceptors (Lipinski definition) is 5. The van der Waals surface area contributed by atoms with Gasteiger partial charge in [0.1, 0.15) is 0 Å². The average molecular weight is 407 g/mol. The van der Waals surface area contributed by atoms with Crippen LogP contribution in [-0.2, 0) is 14.6 Å². The second-order valence-electron chi connectivity index (χ2n) is 7.36. The summed E-state index contributed by atoms with van der Waals surface area (Å²) >= 11 is 1.36. The average Bonchev–Trinajstić information content (AvgIpc) is 3.29. The van der Waals surface area contributed by atoms with E-state index >= 15 is 0 Å². The highest BCUT2D eigenvalue weighted by molar-refractivity contribution is 7.92. The molecule has 1 aromatic carbocycles. The predicted molar refractivity (Wildman–Crippen MR) is 111 cm³/mol. The van der Waals surface area contributed by atoms with E-state index in [-0.39, 0.29) is 23.3 Å². The van der Waals surface area contributed by atoms with Gasteiger partial charge in [-0.05, 0) is 56.4 Å². The monoisotopic (exact) mass is 406 g/mol. The Balaban J connectivity index is 1.62. The molecule has 146 valence electrons. The quantitative estimate of drug-likeness (QED) is 0.770. The summed E-state index contributed by atoms with van der Waals surface area (Å²) in [7, 11) is -3.18. The minimum atomic E-state index is -3.18. The molecular weight excluding hydrogens is 380 g/mol. The van der Waals surface area contributed by atoms with Gasteiger partial charge in [0.15, 0.2) is 15.0 Å². The van der Waals surface area contributed by atoms with E-state index in [4.69, 9.17) is 0 Å². The first-order chi connectivity index (χ1) is 12.8. The van der Waals surface area contributed by atoms with E-state index < -0.39 is 9.84 Å². The van der Waals surface area contributed by atoms with Crippen LogP contribution in [0.25, 0.3) is 11.3 Å². The lowest BCUT2D eigenvalue weighted by Gasteiger charge is -2.10.